The van der Waals surface area contributed by atoms with Crippen molar-refractivity contribution in [2.24, 2.45) is 0 Å². The van der Waals surface area contributed by atoms with Gasteiger partial charge in [-0.05, 0) is 58.5 Å². The van der Waals surface area contributed by atoms with Crippen molar-refractivity contribution < 1.29 is 24.1 Å². The summed E-state index contributed by atoms with van der Waals surface area (Å²) in [4.78, 5) is 2.39. The van der Waals surface area contributed by atoms with Crippen molar-refractivity contribution in [3.05, 3.63) is 82.4 Å². The summed E-state index contributed by atoms with van der Waals surface area (Å²) in [6, 6.07) is 18.6. The van der Waals surface area contributed by atoms with E-state index in [9.17, 15) is 5.11 Å². The Kier molecular flexibility index (Phi) is 5.64. The molecule has 0 aliphatic carbocycles. The van der Waals surface area contributed by atoms with Crippen molar-refractivity contribution in [3.8, 4) is 23.0 Å². The van der Waals surface area contributed by atoms with Gasteiger partial charge in [-0.3, -0.25) is 4.90 Å². The molecule has 0 radical (unpaired) electrons. The van der Waals surface area contributed by atoms with Crippen molar-refractivity contribution in [2.75, 3.05) is 35.0 Å². The molecule has 0 unspecified atom stereocenters. The number of methoxy groups -OCH3 is 4. The maximum Gasteiger partial charge on any atom is 0.161 e. The van der Waals surface area contributed by atoms with Crippen LogP contribution in [0.5, 0.6) is 23.0 Å². The first kappa shape index (κ1) is 21.6. The van der Waals surface area contributed by atoms with Gasteiger partial charge in [0.2, 0.25) is 0 Å². The molecule has 2 aliphatic rings. The fourth-order valence-corrected chi connectivity index (χ4v) is 5.37. The second kappa shape index (κ2) is 8.61. The minimum absolute atomic E-state index is 0.0318. The van der Waals surface area contributed by atoms with Crippen molar-refractivity contribution in [1.82, 2.24) is 4.90 Å². The van der Waals surface area contributed by atoms with E-state index in [2.05, 4.69) is 41.3 Å². The van der Waals surface area contributed by atoms with E-state index in [1.54, 1.807) is 28.4 Å². The van der Waals surface area contributed by atoms with Crippen molar-refractivity contribution in [3.63, 3.8) is 0 Å². The number of hydrogen-bond donors (Lipinski definition) is 1. The lowest BCUT2D eigenvalue weighted by atomic mass is 9.78. The zero-order chi connectivity index (χ0) is 23.1. The number of ether oxygens (including phenoxy) is 4. The van der Waals surface area contributed by atoms with Gasteiger partial charge in [-0.1, -0.05) is 30.3 Å². The Bertz CT molecular complexity index is 1160. The van der Waals surface area contributed by atoms with Gasteiger partial charge in [-0.2, -0.15) is 0 Å². The molecule has 5 rings (SSSR count). The molecule has 2 aliphatic heterocycles. The molecular weight excluding hydrogens is 418 g/mol. The molecule has 3 aromatic rings. The summed E-state index contributed by atoms with van der Waals surface area (Å²) in [5.41, 5.74) is 5.51. The molecule has 0 spiro atoms. The summed E-state index contributed by atoms with van der Waals surface area (Å²) < 4.78 is 22.4. The molecule has 0 amide bonds. The van der Waals surface area contributed by atoms with Gasteiger partial charge >= 0.3 is 0 Å². The summed E-state index contributed by atoms with van der Waals surface area (Å²) in [6.07, 6.45) is 0.151. The molecule has 6 heteroatoms. The summed E-state index contributed by atoms with van der Waals surface area (Å²) in [5, 5.41) is 11.2. The fourth-order valence-electron chi connectivity index (χ4n) is 5.37. The van der Waals surface area contributed by atoms with E-state index in [0.29, 0.717) is 23.8 Å². The molecule has 1 N–H and O–H groups in total. The Hall–Kier alpha value is -3.22. The highest BCUT2D eigenvalue weighted by Gasteiger charge is 2.42. The van der Waals surface area contributed by atoms with Crippen molar-refractivity contribution in [1.29, 1.82) is 0 Å². The van der Waals surface area contributed by atoms with Crippen LogP contribution in [0.3, 0.4) is 0 Å². The normalized spacial score (nSPS) is 21.4. The molecule has 33 heavy (non-hydrogen) atoms. The van der Waals surface area contributed by atoms with E-state index in [0.717, 1.165) is 23.3 Å². The Labute approximate surface area is 194 Å². The highest BCUT2D eigenvalue weighted by atomic mass is 16.5. The third kappa shape index (κ3) is 3.50. The number of nitrogens with zero attached hydrogens (tertiary/aromatic N) is 1. The maximum absolute atomic E-state index is 11.2. The minimum Gasteiger partial charge on any atom is -0.493 e. The third-order valence-corrected chi connectivity index (χ3v) is 6.89. The summed E-state index contributed by atoms with van der Waals surface area (Å²) in [5.74, 6) is 2.73. The average molecular weight is 448 g/mol. The number of benzene rings is 3. The van der Waals surface area contributed by atoms with E-state index in [1.165, 1.54) is 16.7 Å². The van der Waals surface area contributed by atoms with Crippen LogP contribution in [0.25, 0.3) is 0 Å². The van der Waals surface area contributed by atoms with E-state index < -0.39 is 6.10 Å². The summed E-state index contributed by atoms with van der Waals surface area (Å²) in [6.45, 7) is 0.514. The summed E-state index contributed by atoms with van der Waals surface area (Å²) in [7, 11) is 6.58. The van der Waals surface area contributed by atoms with E-state index in [4.69, 9.17) is 18.9 Å². The Balaban J connectivity index is 1.72. The Morgan fingerprint density at radius 3 is 1.88 bits per heavy atom. The average Bonchev–Trinajstić information content (AvgIpc) is 2.86. The van der Waals surface area contributed by atoms with Gasteiger partial charge < -0.3 is 24.1 Å². The van der Waals surface area contributed by atoms with Gasteiger partial charge in [-0.15, -0.1) is 0 Å². The predicted octanol–water partition coefficient (Wildman–Crippen LogP) is 4.46. The van der Waals surface area contributed by atoms with Gasteiger partial charge in [0.15, 0.2) is 23.0 Å². The van der Waals surface area contributed by atoms with Crippen molar-refractivity contribution in [2.45, 2.75) is 24.6 Å². The molecule has 6 nitrogen and oxygen atoms in total. The van der Waals surface area contributed by atoms with Gasteiger partial charge in [0.05, 0.1) is 40.6 Å². The highest BCUT2D eigenvalue weighted by Crippen LogP contribution is 2.51. The fraction of sp³-hybridized carbons (Fsp3) is 0.333. The second-order valence-corrected chi connectivity index (χ2v) is 8.49. The van der Waals surface area contributed by atoms with Gasteiger partial charge in [-0.25, -0.2) is 0 Å². The van der Waals surface area contributed by atoms with Gasteiger partial charge in [0, 0.05) is 12.6 Å². The number of aliphatic hydroxyl groups is 1. The standard InChI is InChI=1S/C27H29NO5/c1-30-23-11-17-10-21-19-13-25(32-3)26(33-4)14-20(19)22(29)15-28(21)27(16-8-6-5-7-9-16)18(17)12-24(23)31-2/h5-9,11-14,21-22,27,29H,10,15H2,1-4H3/t21-,22+,27-/m0/s1. The lowest BCUT2D eigenvalue weighted by molar-refractivity contribution is 0.0388. The van der Waals surface area contributed by atoms with Crippen molar-refractivity contribution >= 4 is 0 Å². The van der Waals surface area contributed by atoms with E-state index in [1.807, 2.05) is 18.2 Å². The number of fused-ring (bicyclic) bond motifs is 4. The number of aliphatic hydroxyl groups excluding tert-OH is 1. The molecule has 3 atom stereocenters. The largest absolute Gasteiger partial charge is 0.493 e. The van der Waals surface area contributed by atoms with Crippen LogP contribution in [0, 0.1) is 0 Å². The Morgan fingerprint density at radius 1 is 0.727 bits per heavy atom. The lowest BCUT2D eigenvalue weighted by Crippen LogP contribution is -2.44. The molecular formula is C27H29NO5. The SMILES string of the molecule is COc1cc2c(cc1OC)[C@H](c1ccccc1)N1C[C@@H](O)c3cc(OC)c(OC)cc3[C@@H]1C2. The minimum atomic E-state index is -0.635. The smallest absolute Gasteiger partial charge is 0.161 e. The number of hydrogen-bond acceptors (Lipinski definition) is 6. The van der Waals surface area contributed by atoms with Crippen LogP contribution < -0.4 is 18.9 Å². The first-order valence-electron chi connectivity index (χ1n) is 11.1. The quantitative estimate of drug-likeness (QED) is 0.623. The van der Waals surface area contributed by atoms with E-state index in [-0.39, 0.29) is 12.1 Å². The van der Waals surface area contributed by atoms with Crippen LogP contribution in [-0.4, -0.2) is 45.0 Å². The van der Waals surface area contributed by atoms with E-state index >= 15 is 0 Å². The van der Waals surface area contributed by atoms with Crippen LogP contribution in [0.15, 0.2) is 54.6 Å². The zero-order valence-electron chi connectivity index (χ0n) is 19.4. The molecule has 0 saturated carbocycles. The zero-order valence-corrected chi connectivity index (χ0v) is 19.4. The third-order valence-electron chi connectivity index (χ3n) is 6.89. The maximum atomic E-state index is 11.2. The number of rotatable bonds is 5. The van der Waals surface area contributed by atoms with Gasteiger partial charge in [0.25, 0.3) is 0 Å². The molecule has 3 aromatic carbocycles. The lowest BCUT2D eigenvalue weighted by Gasteiger charge is -2.48. The predicted molar refractivity (Wildman–Crippen MR) is 125 cm³/mol. The highest BCUT2D eigenvalue weighted by molar-refractivity contribution is 5.55. The molecule has 172 valence electrons. The van der Waals surface area contributed by atoms with Crippen LogP contribution in [-0.2, 0) is 6.42 Å². The monoisotopic (exact) mass is 447 g/mol. The topological polar surface area (TPSA) is 60.4 Å². The Morgan fingerprint density at radius 2 is 1.27 bits per heavy atom. The molecule has 2 heterocycles. The van der Waals surface area contributed by atoms with Gasteiger partial charge in [0.1, 0.15) is 0 Å². The molecule has 0 fully saturated rings. The van der Waals surface area contributed by atoms with Crippen LogP contribution >= 0.6 is 0 Å². The van der Waals surface area contributed by atoms with Crippen LogP contribution in [0.2, 0.25) is 0 Å². The first-order valence-corrected chi connectivity index (χ1v) is 11.1. The second-order valence-electron chi connectivity index (χ2n) is 8.49. The summed E-state index contributed by atoms with van der Waals surface area (Å²) >= 11 is 0. The van der Waals surface area contributed by atoms with Crippen LogP contribution in [0.4, 0.5) is 0 Å². The first-order chi connectivity index (χ1) is 16.1. The molecule has 0 saturated heterocycles. The van der Waals surface area contributed by atoms with Crippen LogP contribution in [0.1, 0.15) is 46.0 Å². The molecule has 0 aromatic heterocycles. The molecule has 0 bridgehead atoms.